The van der Waals surface area contributed by atoms with Gasteiger partial charge in [-0.1, -0.05) is 11.8 Å². The fraction of sp³-hybridized carbons (Fsp3) is 0.692. The van der Waals surface area contributed by atoms with E-state index in [0.29, 0.717) is 18.0 Å². The highest BCUT2D eigenvalue weighted by atomic mass is 32.2. The minimum absolute atomic E-state index is 0.00603. The summed E-state index contributed by atoms with van der Waals surface area (Å²) >= 11 is 2.88. The Kier molecular flexibility index (Phi) is 4.97. The van der Waals surface area contributed by atoms with Gasteiger partial charge in [-0.25, -0.2) is 26.8 Å². The first-order chi connectivity index (χ1) is 10.7. The van der Waals surface area contributed by atoms with Crippen LogP contribution >= 0.6 is 23.5 Å². The lowest BCUT2D eigenvalue weighted by molar-refractivity contribution is 0.600. The summed E-state index contributed by atoms with van der Waals surface area (Å²) in [5, 5.41) is 1.39. The number of thioether (sulfide) groups is 2. The van der Waals surface area contributed by atoms with Crippen LogP contribution in [0.5, 0.6) is 0 Å². The molecule has 2 fully saturated rings. The number of hydrogen-bond donors (Lipinski definition) is 0. The Hall–Kier alpha value is -0.320. The summed E-state index contributed by atoms with van der Waals surface area (Å²) in [6.07, 6.45) is 1.28. The Morgan fingerprint density at radius 1 is 0.957 bits per heavy atom. The molecule has 10 heteroatoms. The number of sulfone groups is 2. The number of hydrogen-bond acceptors (Lipinski definition) is 8. The largest absolute Gasteiger partial charge is 0.229 e. The van der Waals surface area contributed by atoms with Crippen LogP contribution in [0.15, 0.2) is 16.2 Å². The molecule has 6 nitrogen and oxygen atoms in total. The van der Waals surface area contributed by atoms with Gasteiger partial charge >= 0.3 is 0 Å². The van der Waals surface area contributed by atoms with Crippen LogP contribution in [-0.4, -0.2) is 60.3 Å². The van der Waals surface area contributed by atoms with Gasteiger partial charge in [0.05, 0.1) is 23.0 Å². The van der Waals surface area contributed by atoms with Gasteiger partial charge in [-0.05, 0) is 25.8 Å². The van der Waals surface area contributed by atoms with Gasteiger partial charge in [0, 0.05) is 16.2 Å². The molecule has 0 spiro atoms. The van der Waals surface area contributed by atoms with Crippen LogP contribution in [0.1, 0.15) is 18.5 Å². The Morgan fingerprint density at radius 3 is 2.04 bits per heavy atom. The molecule has 0 radical (unpaired) electrons. The van der Waals surface area contributed by atoms with E-state index in [2.05, 4.69) is 9.97 Å². The second-order valence-corrected chi connectivity index (χ2v) is 13.0. The summed E-state index contributed by atoms with van der Waals surface area (Å²) in [6.45, 7) is 1.87. The zero-order valence-electron chi connectivity index (χ0n) is 12.6. The van der Waals surface area contributed by atoms with Crippen molar-refractivity contribution in [3.05, 3.63) is 11.8 Å². The van der Waals surface area contributed by atoms with Crippen LogP contribution in [0.3, 0.4) is 0 Å². The lowest BCUT2D eigenvalue weighted by atomic mass is 10.4. The number of rotatable bonds is 4. The van der Waals surface area contributed by atoms with Gasteiger partial charge in [0.2, 0.25) is 0 Å². The molecule has 128 valence electrons. The molecule has 1 aromatic heterocycles. The Balaban J connectivity index is 1.70. The molecule has 2 saturated heterocycles. The molecule has 23 heavy (non-hydrogen) atoms. The van der Waals surface area contributed by atoms with Crippen molar-refractivity contribution in [3.8, 4) is 0 Å². The van der Waals surface area contributed by atoms with Crippen LogP contribution in [-0.2, 0) is 19.7 Å². The minimum Gasteiger partial charge on any atom is -0.229 e. The predicted molar refractivity (Wildman–Crippen MR) is 92.6 cm³/mol. The maximum absolute atomic E-state index is 11.5. The molecule has 2 unspecified atom stereocenters. The summed E-state index contributed by atoms with van der Waals surface area (Å²) in [5.74, 6) is 0.858. The van der Waals surface area contributed by atoms with Crippen molar-refractivity contribution in [1.82, 2.24) is 9.97 Å². The fourth-order valence-corrected chi connectivity index (χ4v) is 9.72. The first kappa shape index (κ1) is 17.5. The first-order valence-electron chi connectivity index (χ1n) is 7.31. The topological polar surface area (TPSA) is 94.1 Å². The zero-order chi connectivity index (χ0) is 16.7. The van der Waals surface area contributed by atoms with Crippen molar-refractivity contribution in [1.29, 1.82) is 0 Å². The van der Waals surface area contributed by atoms with Gasteiger partial charge in [-0.15, -0.1) is 11.8 Å². The average Bonchev–Trinajstić information content (AvgIpc) is 2.91. The smallest absolute Gasteiger partial charge is 0.189 e. The van der Waals surface area contributed by atoms with Gasteiger partial charge in [0.15, 0.2) is 24.8 Å². The lowest BCUT2D eigenvalue weighted by Crippen LogP contribution is -2.08. The van der Waals surface area contributed by atoms with Crippen LogP contribution < -0.4 is 0 Å². The third kappa shape index (κ3) is 4.83. The molecular formula is C13H18N2O4S4. The maximum atomic E-state index is 11.5. The van der Waals surface area contributed by atoms with E-state index in [4.69, 9.17) is 0 Å². The molecule has 2 aliphatic heterocycles. The van der Waals surface area contributed by atoms with Crippen LogP contribution in [0.25, 0.3) is 0 Å². The van der Waals surface area contributed by atoms with Crippen LogP contribution in [0.2, 0.25) is 0 Å². The maximum Gasteiger partial charge on any atom is 0.189 e. The molecule has 3 heterocycles. The van der Waals surface area contributed by atoms with Crippen molar-refractivity contribution in [2.24, 2.45) is 0 Å². The van der Waals surface area contributed by atoms with E-state index in [0.717, 1.165) is 10.7 Å². The van der Waals surface area contributed by atoms with Gasteiger partial charge < -0.3 is 0 Å². The van der Waals surface area contributed by atoms with E-state index in [1.54, 1.807) is 0 Å². The minimum atomic E-state index is -2.92. The number of nitrogens with zero attached hydrogens (tertiary/aromatic N) is 2. The quantitative estimate of drug-likeness (QED) is 0.558. The van der Waals surface area contributed by atoms with Crippen molar-refractivity contribution in [2.45, 2.75) is 40.4 Å². The summed E-state index contributed by atoms with van der Waals surface area (Å²) in [4.78, 5) is 8.85. The molecule has 0 saturated carbocycles. The molecule has 0 amide bonds. The Labute approximate surface area is 145 Å². The third-order valence-corrected chi connectivity index (χ3v) is 10.0. The highest BCUT2D eigenvalue weighted by Crippen LogP contribution is 2.33. The molecule has 0 bridgehead atoms. The highest BCUT2D eigenvalue weighted by Gasteiger charge is 2.31. The van der Waals surface area contributed by atoms with Gasteiger partial charge in [-0.3, -0.25) is 0 Å². The second-order valence-electron chi connectivity index (χ2n) is 5.92. The molecule has 1 aromatic rings. The number of aryl methyl sites for hydroxylation is 1. The first-order valence-corrected chi connectivity index (χ1v) is 12.7. The number of aromatic nitrogens is 2. The summed E-state index contributed by atoms with van der Waals surface area (Å²) in [5.41, 5.74) is 0.812. The van der Waals surface area contributed by atoms with Gasteiger partial charge in [0.25, 0.3) is 0 Å². The van der Waals surface area contributed by atoms with Gasteiger partial charge in [-0.2, -0.15) is 0 Å². The van der Waals surface area contributed by atoms with Crippen LogP contribution in [0.4, 0.5) is 0 Å². The highest BCUT2D eigenvalue weighted by molar-refractivity contribution is 8.02. The average molecular weight is 395 g/mol. The SMILES string of the molecule is Cc1cc(SC2CCS(=O)(=O)C2)nc(SC2CCS(=O)(=O)C2)n1. The molecule has 2 aliphatic rings. The van der Waals surface area contributed by atoms with Crippen LogP contribution in [0, 0.1) is 6.92 Å². The summed E-state index contributed by atoms with van der Waals surface area (Å²) in [7, 11) is -5.82. The van der Waals surface area contributed by atoms with Gasteiger partial charge in [0.1, 0.15) is 5.03 Å². The third-order valence-electron chi connectivity index (χ3n) is 3.75. The van der Waals surface area contributed by atoms with Crippen molar-refractivity contribution >= 4 is 43.2 Å². The molecule has 0 aliphatic carbocycles. The molecule has 0 N–H and O–H groups in total. The van der Waals surface area contributed by atoms with E-state index in [-0.39, 0.29) is 33.5 Å². The molecule has 3 rings (SSSR count). The Morgan fingerprint density at radius 2 is 1.52 bits per heavy atom. The zero-order valence-corrected chi connectivity index (χ0v) is 15.9. The van der Waals surface area contributed by atoms with E-state index in [9.17, 15) is 16.8 Å². The summed E-state index contributed by atoms with van der Waals surface area (Å²) in [6, 6.07) is 1.85. The van der Waals surface area contributed by atoms with E-state index < -0.39 is 19.7 Å². The van der Waals surface area contributed by atoms with E-state index in [1.165, 1.54) is 23.5 Å². The van der Waals surface area contributed by atoms with Crippen molar-refractivity contribution in [3.63, 3.8) is 0 Å². The predicted octanol–water partition coefficient (Wildman–Crippen LogP) is 1.34. The van der Waals surface area contributed by atoms with Crippen molar-refractivity contribution < 1.29 is 16.8 Å². The van der Waals surface area contributed by atoms with Crippen molar-refractivity contribution in [2.75, 3.05) is 23.0 Å². The molecular weight excluding hydrogens is 376 g/mol. The monoisotopic (exact) mass is 394 g/mol. The van der Waals surface area contributed by atoms with E-state index in [1.807, 2.05) is 13.0 Å². The van der Waals surface area contributed by atoms with E-state index >= 15 is 0 Å². The standard InChI is InChI=1S/C13H18N2O4S4/c1-9-6-12(20-10-2-4-22(16,17)7-10)15-13(14-9)21-11-3-5-23(18,19)8-11/h6,10-11H,2-5,7-8H2,1H3. The Bertz CT molecular complexity index is 743. The summed E-state index contributed by atoms with van der Waals surface area (Å²) < 4.78 is 46.2. The lowest BCUT2D eigenvalue weighted by Gasteiger charge is -2.10. The molecule has 2 atom stereocenters. The fourth-order valence-electron chi connectivity index (χ4n) is 2.65. The normalized spacial score (nSPS) is 28.9. The molecule has 0 aromatic carbocycles. The second kappa shape index (κ2) is 6.53.